The maximum Gasteiger partial charge on any atom is 0.131 e. The molecule has 3 rings (SSSR count). The van der Waals surface area contributed by atoms with Crippen LogP contribution < -0.4 is 5.73 Å². The molecule has 0 atom stereocenters. The fourth-order valence-corrected chi connectivity index (χ4v) is 3.44. The lowest BCUT2D eigenvalue weighted by atomic mass is 9.75. The lowest BCUT2D eigenvalue weighted by Gasteiger charge is -2.29. The zero-order chi connectivity index (χ0) is 14.5. The first kappa shape index (κ1) is 13.2. The summed E-state index contributed by atoms with van der Waals surface area (Å²) in [6, 6.07) is 6.42. The molecule has 0 radical (unpaired) electrons. The number of hydrogen-bond acceptors (Lipinski definition) is 2. The number of anilines is 1. The van der Waals surface area contributed by atoms with Crippen LogP contribution in [0.1, 0.15) is 49.1 Å². The number of hydrogen-bond donors (Lipinski definition) is 1. The highest BCUT2D eigenvalue weighted by atomic mass is 15.3. The smallest absolute Gasteiger partial charge is 0.131 e. The van der Waals surface area contributed by atoms with Crippen LogP contribution in [-0.4, -0.2) is 9.78 Å². The maximum atomic E-state index is 6.44. The molecule has 20 heavy (non-hydrogen) atoms. The molecule has 1 aromatic carbocycles. The number of rotatable bonds is 1. The van der Waals surface area contributed by atoms with E-state index in [1.807, 2.05) is 4.68 Å². The normalized spacial score (nSPS) is 17.0. The van der Waals surface area contributed by atoms with Crippen molar-refractivity contribution in [3.8, 4) is 5.69 Å². The molecule has 0 amide bonds. The van der Waals surface area contributed by atoms with Gasteiger partial charge in [0.1, 0.15) is 5.82 Å². The number of nitrogens with zero attached hydrogens (tertiary/aromatic N) is 2. The van der Waals surface area contributed by atoms with Crippen molar-refractivity contribution in [3.05, 3.63) is 40.6 Å². The second-order valence-corrected chi connectivity index (χ2v) is 6.65. The first-order valence-electron chi connectivity index (χ1n) is 7.35. The van der Waals surface area contributed by atoms with E-state index in [2.05, 4.69) is 45.9 Å². The molecule has 2 N–H and O–H groups in total. The summed E-state index contributed by atoms with van der Waals surface area (Å²) in [6.45, 7) is 8.77. The van der Waals surface area contributed by atoms with Gasteiger partial charge in [-0.2, -0.15) is 5.10 Å². The minimum Gasteiger partial charge on any atom is -0.383 e. The first-order valence-corrected chi connectivity index (χ1v) is 7.35. The number of aryl methyl sites for hydroxylation is 3. The summed E-state index contributed by atoms with van der Waals surface area (Å²) in [4.78, 5) is 0. The summed E-state index contributed by atoms with van der Waals surface area (Å²) < 4.78 is 1.94. The van der Waals surface area contributed by atoms with Gasteiger partial charge in [-0.1, -0.05) is 31.5 Å². The van der Waals surface area contributed by atoms with Crippen LogP contribution in [0.2, 0.25) is 0 Å². The van der Waals surface area contributed by atoms with E-state index in [4.69, 9.17) is 10.8 Å². The molecule has 0 saturated carbocycles. The van der Waals surface area contributed by atoms with Gasteiger partial charge in [0.05, 0.1) is 11.4 Å². The van der Waals surface area contributed by atoms with E-state index in [1.54, 1.807) is 0 Å². The lowest BCUT2D eigenvalue weighted by Crippen LogP contribution is -2.24. The third kappa shape index (κ3) is 1.92. The monoisotopic (exact) mass is 269 g/mol. The Morgan fingerprint density at radius 3 is 2.65 bits per heavy atom. The van der Waals surface area contributed by atoms with Gasteiger partial charge in [0.25, 0.3) is 0 Å². The Kier molecular flexibility index (Phi) is 2.89. The fourth-order valence-electron chi connectivity index (χ4n) is 3.44. The number of benzene rings is 1. The van der Waals surface area contributed by atoms with Crippen molar-refractivity contribution in [1.29, 1.82) is 0 Å². The van der Waals surface area contributed by atoms with E-state index in [0.717, 1.165) is 17.9 Å². The summed E-state index contributed by atoms with van der Waals surface area (Å²) in [7, 11) is 0. The lowest BCUT2D eigenvalue weighted by molar-refractivity contribution is 0.432. The molecule has 0 unspecified atom stereocenters. The van der Waals surface area contributed by atoms with E-state index in [9.17, 15) is 0 Å². The molecule has 0 spiro atoms. The summed E-state index contributed by atoms with van der Waals surface area (Å²) >= 11 is 0. The Balaban J connectivity index is 2.19. The molecule has 0 bridgehead atoms. The number of fused-ring (bicyclic) bond motifs is 1. The van der Waals surface area contributed by atoms with Crippen molar-refractivity contribution in [3.63, 3.8) is 0 Å². The average Bonchev–Trinajstić information content (AvgIpc) is 2.67. The zero-order valence-corrected chi connectivity index (χ0v) is 12.8. The van der Waals surface area contributed by atoms with E-state index in [0.29, 0.717) is 0 Å². The number of aromatic nitrogens is 2. The molecule has 0 fully saturated rings. The van der Waals surface area contributed by atoms with E-state index in [-0.39, 0.29) is 5.41 Å². The third-order valence-corrected chi connectivity index (χ3v) is 4.47. The predicted molar refractivity (Wildman–Crippen MR) is 83.4 cm³/mol. The Bertz CT molecular complexity index is 665. The van der Waals surface area contributed by atoms with Crippen LogP contribution >= 0.6 is 0 Å². The van der Waals surface area contributed by atoms with Gasteiger partial charge >= 0.3 is 0 Å². The van der Waals surface area contributed by atoms with Crippen LogP contribution in [0.5, 0.6) is 0 Å². The van der Waals surface area contributed by atoms with Gasteiger partial charge in [-0.15, -0.1) is 0 Å². The largest absolute Gasteiger partial charge is 0.383 e. The van der Waals surface area contributed by atoms with Crippen molar-refractivity contribution >= 4 is 5.82 Å². The summed E-state index contributed by atoms with van der Waals surface area (Å²) in [5, 5.41) is 4.80. The maximum absolute atomic E-state index is 6.44. The Labute approximate surface area is 120 Å². The van der Waals surface area contributed by atoms with Crippen molar-refractivity contribution in [2.75, 3.05) is 5.73 Å². The van der Waals surface area contributed by atoms with Crippen LogP contribution in [0.25, 0.3) is 5.69 Å². The van der Waals surface area contributed by atoms with Gasteiger partial charge in [-0.05, 0) is 50.2 Å². The van der Waals surface area contributed by atoms with Crippen LogP contribution in [-0.2, 0) is 11.8 Å². The Hall–Kier alpha value is -1.77. The summed E-state index contributed by atoms with van der Waals surface area (Å²) in [5.74, 6) is 0.816. The van der Waals surface area contributed by atoms with E-state index < -0.39 is 0 Å². The second-order valence-electron chi connectivity index (χ2n) is 6.65. The van der Waals surface area contributed by atoms with Crippen molar-refractivity contribution in [2.45, 2.75) is 52.4 Å². The number of nitrogen functional groups attached to an aromatic ring is 1. The molecule has 3 heteroatoms. The first-order chi connectivity index (χ1) is 9.40. The van der Waals surface area contributed by atoms with Gasteiger partial charge in [0.15, 0.2) is 0 Å². The number of nitrogens with two attached hydrogens (primary N) is 1. The molecule has 0 saturated heterocycles. The highest BCUT2D eigenvalue weighted by Crippen LogP contribution is 2.40. The summed E-state index contributed by atoms with van der Waals surface area (Å²) in [5.41, 5.74) is 12.6. The molecule has 0 aliphatic heterocycles. The SMILES string of the molecule is Cc1ccc(-n2nc3c(c2N)C(C)(C)CCC3)c(C)c1. The van der Waals surface area contributed by atoms with Gasteiger partial charge in [-0.25, -0.2) is 4.68 Å². The zero-order valence-electron chi connectivity index (χ0n) is 12.8. The van der Waals surface area contributed by atoms with E-state index >= 15 is 0 Å². The molecule has 2 aromatic rings. The van der Waals surface area contributed by atoms with Crippen molar-refractivity contribution < 1.29 is 0 Å². The third-order valence-electron chi connectivity index (χ3n) is 4.47. The van der Waals surface area contributed by atoms with Gasteiger partial charge < -0.3 is 5.73 Å². The van der Waals surface area contributed by atoms with E-state index in [1.165, 1.54) is 35.2 Å². The van der Waals surface area contributed by atoms with Gasteiger partial charge in [0, 0.05) is 5.56 Å². The minimum absolute atomic E-state index is 0.133. The standard InChI is InChI=1S/C17H23N3/c1-11-7-8-14(12(2)10-11)20-16(18)15-13(19-20)6-5-9-17(15,3)4/h7-8,10H,5-6,9,18H2,1-4H3. The molecule has 3 nitrogen and oxygen atoms in total. The average molecular weight is 269 g/mol. The molecule has 1 aromatic heterocycles. The topological polar surface area (TPSA) is 43.8 Å². The molecule has 1 aliphatic carbocycles. The second kappa shape index (κ2) is 4.37. The molecule has 1 aliphatic rings. The van der Waals surface area contributed by atoms with Crippen LogP contribution in [0.15, 0.2) is 18.2 Å². The minimum atomic E-state index is 0.133. The fraction of sp³-hybridized carbons (Fsp3) is 0.471. The van der Waals surface area contributed by atoms with Crippen molar-refractivity contribution in [2.24, 2.45) is 0 Å². The molecular formula is C17H23N3. The quantitative estimate of drug-likeness (QED) is 0.858. The highest BCUT2D eigenvalue weighted by Gasteiger charge is 2.33. The predicted octanol–water partition coefficient (Wildman–Crippen LogP) is 3.69. The van der Waals surface area contributed by atoms with Gasteiger partial charge in [0.2, 0.25) is 0 Å². The van der Waals surface area contributed by atoms with Crippen LogP contribution in [0.4, 0.5) is 5.82 Å². The van der Waals surface area contributed by atoms with Crippen LogP contribution in [0, 0.1) is 13.8 Å². The van der Waals surface area contributed by atoms with Gasteiger partial charge in [-0.3, -0.25) is 0 Å². The van der Waals surface area contributed by atoms with Crippen LogP contribution in [0.3, 0.4) is 0 Å². The highest BCUT2D eigenvalue weighted by molar-refractivity contribution is 5.56. The molecular weight excluding hydrogens is 246 g/mol. The Morgan fingerprint density at radius 2 is 2.00 bits per heavy atom. The molecule has 1 heterocycles. The van der Waals surface area contributed by atoms with Crippen molar-refractivity contribution in [1.82, 2.24) is 9.78 Å². The molecule has 106 valence electrons. The Morgan fingerprint density at radius 1 is 1.25 bits per heavy atom. The summed E-state index contributed by atoms with van der Waals surface area (Å²) in [6.07, 6.45) is 3.42.